The number of carbonyl (C=O) groups excluding carboxylic acids is 3. The van der Waals surface area contributed by atoms with Gasteiger partial charge in [0.05, 0.1) is 31.3 Å². The van der Waals surface area contributed by atoms with E-state index in [-0.39, 0.29) is 24.5 Å². The van der Waals surface area contributed by atoms with Gasteiger partial charge in [-0.15, -0.1) is 0 Å². The average Bonchev–Trinajstić information content (AvgIpc) is 3.04. The minimum Gasteiger partial charge on any atom is -0.378 e. The summed E-state index contributed by atoms with van der Waals surface area (Å²) >= 11 is 0. The third-order valence-electron chi connectivity index (χ3n) is 6.73. The van der Waals surface area contributed by atoms with E-state index in [2.05, 4.69) is 10.6 Å². The monoisotopic (exact) mass is 605 g/mol. The Balaban J connectivity index is 1.51. The van der Waals surface area contributed by atoms with Crippen LogP contribution in [0.2, 0.25) is 0 Å². The lowest BCUT2D eigenvalue weighted by Gasteiger charge is -2.29. The lowest BCUT2D eigenvalue weighted by molar-refractivity contribution is -0.128. The third kappa shape index (κ3) is 9.88. The Bertz CT molecular complexity index is 1480. The van der Waals surface area contributed by atoms with Crippen LogP contribution >= 0.6 is 0 Å². The van der Waals surface area contributed by atoms with Crippen LogP contribution in [0.1, 0.15) is 11.1 Å². The summed E-state index contributed by atoms with van der Waals surface area (Å²) in [4.78, 5) is 41.5. The van der Waals surface area contributed by atoms with Gasteiger partial charge in [0, 0.05) is 24.9 Å². The van der Waals surface area contributed by atoms with Crippen LogP contribution in [0.4, 0.5) is 4.79 Å². The van der Waals surface area contributed by atoms with E-state index in [1.807, 2.05) is 60.7 Å². The molecule has 1 heterocycles. The number of ether oxygens (including phenoxy) is 2. The van der Waals surface area contributed by atoms with Gasteiger partial charge in [-0.25, -0.2) is 13.2 Å². The fourth-order valence-corrected chi connectivity index (χ4v) is 5.37. The average molecular weight is 606 g/mol. The maximum atomic E-state index is 13.6. The van der Waals surface area contributed by atoms with Crippen LogP contribution in [0, 0.1) is 0 Å². The molecule has 226 valence electrons. The number of nitrogens with one attached hydrogen (secondary N) is 2. The van der Waals surface area contributed by atoms with E-state index in [0.29, 0.717) is 26.3 Å². The van der Waals surface area contributed by atoms with Gasteiger partial charge >= 0.3 is 6.03 Å². The van der Waals surface area contributed by atoms with E-state index in [9.17, 15) is 22.8 Å². The zero-order chi connectivity index (χ0) is 30.5. The Morgan fingerprint density at radius 3 is 2.02 bits per heavy atom. The first kappa shape index (κ1) is 31.6. The van der Waals surface area contributed by atoms with Gasteiger partial charge in [0.15, 0.2) is 15.6 Å². The van der Waals surface area contributed by atoms with Gasteiger partial charge in [0.25, 0.3) is 0 Å². The Hall–Kier alpha value is -4.32. The molecule has 0 radical (unpaired) electrons. The van der Waals surface area contributed by atoms with Crippen molar-refractivity contribution >= 4 is 27.6 Å². The molecule has 1 aliphatic heterocycles. The van der Waals surface area contributed by atoms with E-state index in [1.165, 1.54) is 12.1 Å². The van der Waals surface area contributed by atoms with Crippen molar-refractivity contribution in [1.29, 1.82) is 0 Å². The quantitative estimate of drug-likeness (QED) is 0.287. The Labute approximate surface area is 251 Å². The van der Waals surface area contributed by atoms with Crippen molar-refractivity contribution in [2.24, 2.45) is 0 Å². The molecule has 0 saturated carbocycles. The first-order valence-electron chi connectivity index (χ1n) is 13.9. The summed E-state index contributed by atoms with van der Waals surface area (Å²) in [6, 6.07) is 23.5. The van der Waals surface area contributed by atoms with Gasteiger partial charge in [-0.3, -0.25) is 9.59 Å². The highest BCUT2D eigenvalue weighted by Gasteiger charge is 2.29. The lowest BCUT2D eigenvalue weighted by Crippen LogP contribution is -2.56. The van der Waals surface area contributed by atoms with Crippen LogP contribution < -0.4 is 10.6 Å². The normalized spacial score (nSPS) is 15.0. The zero-order valence-corrected chi connectivity index (χ0v) is 24.4. The number of ketones is 1. The van der Waals surface area contributed by atoms with Gasteiger partial charge in [-0.05, 0) is 29.3 Å². The molecule has 1 saturated heterocycles. The van der Waals surface area contributed by atoms with Crippen molar-refractivity contribution in [2.75, 3.05) is 32.9 Å². The van der Waals surface area contributed by atoms with Crippen LogP contribution in [0.5, 0.6) is 0 Å². The maximum Gasteiger partial charge on any atom is 0.318 e. The van der Waals surface area contributed by atoms with Crippen molar-refractivity contribution in [3.8, 4) is 0 Å². The van der Waals surface area contributed by atoms with Crippen molar-refractivity contribution in [3.05, 3.63) is 114 Å². The number of rotatable bonds is 13. The third-order valence-corrected chi connectivity index (χ3v) is 8.16. The fourth-order valence-electron chi connectivity index (χ4n) is 4.36. The minimum absolute atomic E-state index is 0.0358. The molecule has 1 aliphatic rings. The number of benzene rings is 3. The van der Waals surface area contributed by atoms with Gasteiger partial charge in [0.2, 0.25) is 5.91 Å². The number of urea groups is 1. The van der Waals surface area contributed by atoms with Gasteiger partial charge in [-0.1, -0.05) is 78.9 Å². The molecule has 43 heavy (non-hydrogen) atoms. The molecule has 0 aliphatic carbocycles. The van der Waals surface area contributed by atoms with E-state index in [0.717, 1.165) is 22.6 Å². The van der Waals surface area contributed by atoms with Crippen LogP contribution in [-0.4, -0.2) is 76.0 Å². The topological polar surface area (TPSA) is 131 Å². The molecule has 3 aromatic carbocycles. The van der Waals surface area contributed by atoms with Crippen LogP contribution in [0.25, 0.3) is 0 Å². The zero-order valence-electron chi connectivity index (χ0n) is 23.6. The molecule has 2 N–H and O–H groups in total. The smallest absolute Gasteiger partial charge is 0.318 e. The molecule has 11 heteroatoms. The second-order valence-corrected chi connectivity index (χ2v) is 11.7. The number of morpholine rings is 1. The maximum absolute atomic E-state index is 13.6. The molecule has 0 unspecified atom stereocenters. The Kier molecular flexibility index (Phi) is 11.6. The van der Waals surface area contributed by atoms with E-state index < -0.39 is 39.6 Å². The molecule has 4 rings (SSSR count). The summed E-state index contributed by atoms with van der Waals surface area (Å²) < 4.78 is 36.6. The highest BCUT2D eigenvalue weighted by Crippen LogP contribution is 2.12. The Morgan fingerprint density at radius 1 is 0.814 bits per heavy atom. The molecular weight excluding hydrogens is 570 g/mol. The minimum atomic E-state index is -3.89. The number of hydrogen-bond acceptors (Lipinski definition) is 7. The predicted octanol–water partition coefficient (Wildman–Crippen LogP) is 2.90. The van der Waals surface area contributed by atoms with Gasteiger partial charge < -0.3 is 25.0 Å². The standard InChI is InChI=1S/C32H35N3O7S/c36-30(16-21-43(39,40)27-14-8-3-9-15-27)29(24-42-23-26-12-6-2-7-13-26)33-31(37)28(22-25-10-4-1-5-11-25)34-32(38)35-17-19-41-20-18-35/h1-16,21,28-29H,17-20,22-24H2,(H,33,37)(H,34,38)/t28-,29-/m0/s1. The number of hydrogen-bond donors (Lipinski definition) is 2. The highest BCUT2D eigenvalue weighted by molar-refractivity contribution is 7.94. The number of carbonyl (C=O) groups is 3. The molecule has 10 nitrogen and oxygen atoms in total. The number of amides is 3. The lowest BCUT2D eigenvalue weighted by atomic mass is 10.0. The highest BCUT2D eigenvalue weighted by atomic mass is 32.2. The molecule has 0 spiro atoms. The molecule has 0 aromatic heterocycles. The van der Waals surface area contributed by atoms with E-state index in [4.69, 9.17) is 9.47 Å². The molecule has 2 atom stereocenters. The summed E-state index contributed by atoms with van der Waals surface area (Å²) in [5.41, 5.74) is 1.67. The molecule has 0 bridgehead atoms. The predicted molar refractivity (Wildman–Crippen MR) is 161 cm³/mol. The summed E-state index contributed by atoms with van der Waals surface area (Å²) in [5, 5.41) is 6.30. The van der Waals surface area contributed by atoms with Gasteiger partial charge in [-0.2, -0.15) is 0 Å². The van der Waals surface area contributed by atoms with Crippen molar-refractivity contribution < 1.29 is 32.3 Å². The van der Waals surface area contributed by atoms with Crippen molar-refractivity contribution in [3.63, 3.8) is 0 Å². The molecule has 3 amide bonds. The number of nitrogens with zero attached hydrogens (tertiary/aromatic N) is 1. The van der Waals surface area contributed by atoms with E-state index >= 15 is 0 Å². The van der Waals surface area contributed by atoms with Crippen molar-refractivity contribution in [2.45, 2.75) is 30.0 Å². The largest absolute Gasteiger partial charge is 0.378 e. The second kappa shape index (κ2) is 15.8. The van der Waals surface area contributed by atoms with Crippen LogP contribution in [0.3, 0.4) is 0 Å². The van der Waals surface area contributed by atoms with Gasteiger partial charge in [0.1, 0.15) is 12.1 Å². The fraction of sp³-hybridized carbons (Fsp3) is 0.281. The van der Waals surface area contributed by atoms with Crippen molar-refractivity contribution in [1.82, 2.24) is 15.5 Å². The molecular formula is C32H35N3O7S. The van der Waals surface area contributed by atoms with Crippen LogP contribution in [-0.2, 0) is 41.9 Å². The molecule has 1 fully saturated rings. The Morgan fingerprint density at radius 2 is 1.40 bits per heavy atom. The summed E-state index contributed by atoms with van der Waals surface area (Å²) in [5.74, 6) is -1.27. The number of sulfone groups is 1. The first-order chi connectivity index (χ1) is 20.8. The summed E-state index contributed by atoms with van der Waals surface area (Å²) in [7, 11) is -3.89. The first-order valence-corrected chi connectivity index (χ1v) is 15.5. The van der Waals surface area contributed by atoms with E-state index in [1.54, 1.807) is 23.1 Å². The second-order valence-electron chi connectivity index (χ2n) is 9.92. The summed E-state index contributed by atoms with van der Waals surface area (Å²) in [6.45, 7) is 1.53. The SMILES string of the molecule is O=C(C=CS(=O)(=O)c1ccccc1)[C@H](COCc1ccccc1)NC(=O)[C@H](Cc1ccccc1)NC(=O)N1CCOCC1. The van der Waals surface area contributed by atoms with Crippen LogP contribution in [0.15, 0.2) is 107 Å². The molecule has 3 aromatic rings. The summed E-state index contributed by atoms with van der Waals surface area (Å²) in [6.07, 6.45) is 1.10.